The Labute approximate surface area is 131 Å². The van der Waals surface area contributed by atoms with Crippen molar-refractivity contribution in [1.29, 1.82) is 0 Å². The topological polar surface area (TPSA) is 66.8 Å². The Morgan fingerprint density at radius 2 is 1.96 bits per heavy atom. The number of benzene rings is 1. The molecule has 1 rings (SSSR count). The molecule has 23 heavy (non-hydrogen) atoms. The van der Waals surface area contributed by atoms with Gasteiger partial charge in [0.05, 0.1) is 6.42 Å². The van der Waals surface area contributed by atoms with Gasteiger partial charge in [-0.05, 0) is 23.6 Å². The largest absolute Gasteiger partial charge is 0.573 e. The predicted molar refractivity (Wildman–Crippen MR) is 75.9 cm³/mol. The molecule has 1 N–H and O–H groups in total. The number of rotatable bonds is 7. The highest BCUT2D eigenvalue weighted by molar-refractivity contribution is 5.83. The molecule has 1 amide bonds. The van der Waals surface area contributed by atoms with E-state index in [0.717, 1.165) is 12.1 Å². The van der Waals surface area contributed by atoms with Crippen LogP contribution >= 0.6 is 0 Å². The monoisotopic (exact) mass is 333 g/mol. The number of ether oxygens (including phenoxy) is 1. The molecular formula is C15H18F3NO4. The molecule has 0 bridgehead atoms. The van der Waals surface area contributed by atoms with Crippen LogP contribution in [0.3, 0.4) is 0 Å². The number of hydrogen-bond acceptors (Lipinski definition) is 3. The molecule has 0 saturated carbocycles. The SMILES string of the molecule is CC(C)CN(CC(=O)O)C(=O)Cc1cccc(OC(F)(F)F)c1. The fourth-order valence-corrected chi connectivity index (χ4v) is 2.00. The minimum absolute atomic E-state index is 0.0678. The Bertz CT molecular complexity index is 558. The molecule has 8 heteroatoms. The Balaban J connectivity index is 2.81. The van der Waals surface area contributed by atoms with Crippen molar-refractivity contribution in [3.63, 3.8) is 0 Å². The summed E-state index contributed by atoms with van der Waals surface area (Å²) in [4.78, 5) is 24.2. The second-order valence-corrected chi connectivity index (χ2v) is 5.43. The Morgan fingerprint density at radius 1 is 1.30 bits per heavy atom. The average Bonchev–Trinajstić information content (AvgIpc) is 2.35. The number of carboxylic acid groups (broad SMARTS) is 1. The number of hydrogen-bond donors (Lipinski definition) is 1. The molecule has 0 aromatic heterocycles. The van der Waals surface area contributed by atoms with Crippen LogP contribution in [0.15, 0.2) is 24.3 Å². The highest BCUT2D eigenvalue weighted by Gasteiger charge is 2.31. The Hall–Kier alpha value is -2.25. The van der Waals surface area contributed by atoms with E-state index in [1.165, 1.54) is 17.0 Å². The van der Waals surface area contributed by atoms with Gasteiger partial charge in [0.1, 0.15) is 12.3 Å². The van der Waals surface area contributed by atoms with Crippen LogP contribution in [0.4, 0.5) is 13.2 Å². The zero-order valence-corrected chi connectivity index (χ0v) is 12.8. The van der Waals surface area contributed by atoms with Crippen LogP contribution in [0.25, 0.3) is 0 Å². The van der Waals surface area contributed by atoms with Crippen molar-refractivity contribution in [2.75, 3.05) is 13.1 Å². The third-order valence-corrected chi connectivity index (χ3v) is 2.75. The van der Waals surface area contributed by atoms with Crippen molar-refractivity contribution < 1.29 is 32.6 Å². The summed E-state index contributed by atoms with van der Waals surface area (Å²) in [6.45, 7) is 3.47. The first-order valence-corrected chi connectivity index (χ1v) is 6.91. The smallest absolute Gasteiger partial charge is 0.480 e. The van der Waals surface area contributed by atoms with E-state index < -0.39 is 30.5 Å². The summed E-state index contributed by atoms with van der Waals surface area (Å²) in [5.41, 5.74) is 0.316. The van der Waals surface area contributed by atoms with Crippen LogP contribution in [0, 0.1) is 5.92 Å². The number of alkyl halides is 3. The van der Waals surface area contributed by atoms with Gasteiger partial charge in [0, 0.05) is 6.54 Å². The summed E-state index contributed by atoms with van der Waals surface area (Å²) < 4.78 is 40.4. The van der Waals surface area contributed by atoms with Gasteiger partial charge >= 0.3 is 12.3 Å². The minimum atomic E-state index is -4.81. The van der Waals surface area contributed by atoms with Crippen LogP contribution in [-0.2, 0) is 16.0 Å². The van der Waals surface area contributed by atoms with Gasteiger partial charge in [-0.3, -0.25) is 9.59 Å². The zero-order valence-electron chi connectivity index (χ0n) is 12.8. The number of amides is 1. The summed E-state index contributed by atoms with van der Waals surface area (Å²) in [7, 11) is 0. The average molecular weight is 333 g/mol. The van der Waals surface area contributed by atoms with Gasteiger partial charge in [0.2, 0.25) is 5.91 Å². The van der Waals surface area contributed by atoms with E-state index in [2.05, 4.69) is 4.74 Å². The third kappa shape index (κ3) is 7.53. The second-order valence-electron chi connectivity index (χ2n) is 5.43. The molecule has 128 valence electrons. The molecule has 1 aromatic carbocycles. The quantitative estimate of drug-likeness (QED) is 0.833. The van der Waals surface area contributed by atoms with Crippen molar-refractivity contribution in [2.45, 2.75) is 26.6 Å². The van der Waals surface area contributed by atoms with Gasteiger partial charge in [-0.15, -0.1) is 13.2 Å². The van der Waals surface area contributed by atoms with Crippen molar-refractivity contribution in [2.24, 2.45) is 5.92 Å². The van der Waals surface area contributed by atoms with Crippen LogP contribution in [-0.4, -0.2) is 41.3 Å². The van der Waals surface area contributed by atoms with Gasteiger partial charge in [0.25, 0.3) is 0 Å². The standard InChI is InChI=1S/C15H18F3NO4/c1-10(2)8-19(9-14(21)22)13(20)7-11-4-3-5-12(6-11)23-15(16,17)18/h3-6,10H,7-9H2,1-2H3,(H,21,22). The van der Waals surface area contributed by atoms with E-state index in [1.54, 1.807) is 0 Å². The summed E-state index contributed by atoms with van der Waals surface area (Å²) >= 11 is 0. The molecule has 0 atom stereocenters. The van der Waals surface area contributed by atoms with E-state index >= 15 is 0 Å². The summed E-state index contributed by atoms with van der Waals surface area (Å²) in [6, 6.07) is 5.06. The van der Waals surface area contributed by atoms with Crippen LogP contribution < -0.4 is 4.74 Å². The van der Waals surface area contributed by atoms with Crippen LogP contribution in [0.5, 0.6) is 5.75 Å². The minimum Gasteiger partial charge on any atom is -0.480 e. The summed E-state index contributed by atoms with van der Waals surface area (Å²) in [5.74, 6) is -1.96. The fourth-order valence-electron chi connectivity index (χ4n) is 2.00. The Kier molecular flexibility index (Phi) is 6.41. The lowest BCUT2D eigenvalue weighted by molar-refractivity contribution is -0.274. The van der Waals surface area contributed by atoms with E-state index in [9.17, 15) is 22.8 Å². The molecule has 1 aromatic rings. The van der Waals surface area contributed by atoms with Gasteiger partial charge in [-0.1, -0.05) is 26.0 Å². The van der Waals surface area contributed by atoms with Crippen LogP contribution in [0.1, 0.15) is 19.4 Å². The lowest BCUT2D eigenvalue weighted by Crippen LogP contribution is -2.39. The lowest BCUT2D eigenvalue weighted by atomic mass is 10.1. The second kappa shape index (κ2) is 7.85. The van der Waals surface area contributed by atoms with E-state index in [4.69, 9.17) is 5.11 Å². The summed E-state index contributed by atoms with van der Waals surface area (Å²) in [6.07, 6.45) is -5.01. The van der Waals surface area contributed by atoms with Gasteiger partial charge < -0.3 is 14.7 Å². The number of carbonyl (C=O) groups excluding carboxylic acids is 1. The molecule has 0 unspecified atom stereocenters. The number of nitrogens with zero attached hydrogens (tertiary/aromatic N) is 1. The first kappa shape index (κ1) is 18.8. The first-order valence-electron chi connectivity index (χ1n) is 6.91. The van der Waals surface area contributed by atoms with E-state index in [0.29, 0.717) is 5.56 Å². The van der Waals surface area contributed by atoms with Crippen molar-refractivity contribution in [3.8, 4) is 5.75 Å². The third-order valence-electron chi connectivity index (χ3n) is 2.75. The highest BCUT2D eigenvalue weighted by atomic mass is 19.4. The number of halogens is 3. The first-order chi connectivity index (χ1) is 10.6. The van der Waals surface area contributed by atoms with Gasteiger partial charge in [-0.2, -0.15) is 0 Å². The maximum Gasteiger partial charge on any atom is 0.573 e. The normalized spacial score (nSPS) is 11.4. The zero-order chi connectivity index (χ0) is 17.6. The fraction of sp³-hybridized carbons (Fsp3) is 0.467. The molecular weight excluding hydrogens is 315 g/mol. The van der Waals surface area contributed by atoms with Crippen molar-refractivity contribution >= 4 is 11.9 Å². The maximum absolute atomic E-state index is 12.2. The molecule has 0 radical (unpaired) electrons. The van der Waals surface area contributed by atoms with E-state index in [1.807, 2.05) is 13.8 Å². The van der Waals surface area contributed by atoms with Gasteiger partial charge in [-0.25, -0.2) is 0 Å². The van der Waals surface area contributed by atoms with Crippen LogP contribution in [0.2, 0.25) is 0 Å². The molecule has 0 heterocycles. The summed E-state index contributed by atoms with van der Waals surface area (Å²) in [5, 5.41) is 8.84. The molecule has 0 aliphatic rings. The lowest BCUT2D eigenvalue weighted by Gasteiger charge is -2.23. The Morgan fingerprint density at radius 3 is 2.48 bits per heavy atom. The number of aliphatic carboxylic acids is 1. The van der Waals surface area contributed by atoms with E-state index in [-0.39, 0.29) is 18.9 Å². The highest BCUT2D eigenvalue weighted by Crippen LogP contribution is 2.23. The van der Waals surface area contributed by atoms with Crippen molar-refractivity contribution in [1.82, 2.24) is 4.90 Å². The number of carboxylic acids is 1. The molecule has 0 aliphatic heterocycles. The van der Waals surface area contributed by atoms with Crippen molar-refractivity contribution in [3.05, 3.63) is 29.8 Å². The molecule has 0 aliphatic carbocycles. The molecule has 0 spiro atoms. The molecule has 0 fully saturated rings. The van der Waals surface area contributed by atoms with Gasteiger partial charge in [0.15, 0.2) is 0 Å². The predicted octanol–water partition coefficient (Wildman–Crippen LogP) is 2.70. The molecule has 5 nitrogen and oxygen atoms in total. The maximum atomic E-state index is 12.2. The molecule has 0 saturated heterocycles. The number of carbonyl (C=O) groups is 2.